The van der Waals surface area contributed by atoms with Crippen molar-refractivity contribution in [3.8, 4) is 5.75 Å². The maximum atomic E-state index is 11.0. The van der Waals surface area contributed by atoms with Gasteiger partial charge in [-0.25, -0.2) is 0 Å². The van der Waals surface area contributed by atoms with Gasteiger partial charge in [-0.15, -0.1) is 0 Å². The van der Waals surface area contributed by atoms with Crippen LogP contribution >= 0.6 is 0 Å². The summed E-state index contributed by atoms with van der Waals surface area (Å²) in [4.78, 5) is 21.4. The summed E-state index contributed by atoms with van der Waals surface area (Å²) < 4.78 is 0. The molecule has 0 atom stereocenters. The molecule has 0 amide bonds. The number of hydrogen-bond acceptors (Lipinski definition) is 4. The molecule has 0 aromatic heterocycles. The van der Waals surface area contributed by atoms with E-state index in [1.165, 1.54) is 12.1 Å². The number of ketones is 1. The fourth-order valence-corrected chi connectivity index (χ4v) is 1.48. The number of carboxylic acid groups (broad SMARTS) is 1. The normalized spacial score (nSPS) is 9.89. The maximum Gasteiger partial charge on any atom is 0.182 e. The van der Waals surface area contributed by atoms with Gasteiger partial charge in [0.25, 0.3) is 0 Å². The molecule has 0 aliphatic rings. The third kappa shape index (κ3) is 4.05. The number of hydrogen-bond donors (Lipinski definition) is 1. The first-order chi connectivity index (χ1) is 8.40. The van der Waals surface area contributed by atoms with E-state index < -0.39 is 11.8 Å². The summed E-state index contributed by atoms with van der Waals surface area (Å²) in [6.07, 6.45) is 2.27. The highest BCUT2D eigenvalue weighted by atomic mass is 16.4. The monoisotopic (exact) mass is 247 g/mol. The number of Topliss-reactive ketones (excluding diaryl/α,β-unsaturated/α-hetero) is 1. The number of allylic oxidation sites excluding steroid dienone is 2. The molecular formula is C14H15O4-. The van der Waals surface area contributed by atoms with E-state index in [2.05, 4.69) is 0 Å². The second kappa shape index (κ2) is 6.00. The molecule has 1 aromatic carbocycles. The van der Waals surface area contributed by atoms with Gasteiger partial charge in [0.1, 0.15) is 11.7 Å². The zero-order valence-electron chi connectivity index (χ0n) is 10.4. The standard InChI is InChI=1S/C14H16O4/c1-9(2)3-5-11-7-10(4-6-12(11)15)8-13(16)14(17)18/h3-4,6-7,15H,5,8H2,1-2H3,(H,17,18)/p-1. The first-order valence-corrected chi connectivity index (χ1v) is 5.58. The molecule has 0 radical (unpaired) electrons. The second-order valence-corrected chi connectivity index (χ2v) is 4.34. The lowest BCUT2D eigenvalue weighted by Gasteiger charge is -2.06. The molecule has 18 heavy (non-hydrogen) atoms. The van der Waals surface area contributed by atoms with Crippen LogP contribution in [-0.4, -0.2) is 16.9 Å². The van der Waals surface area contributed by atoms with Crippen LogP contribution in [0.15, 0.2) is 29.8 Å². The van der Waals surface area contributed by atoms with Gasteiger partial charge in [0.05, 0.1) is 0 Å². The average molecular weight is 247 g/mol. The van der Waals surface area contributed by atoms with Gasteiger partial charge < -0.3 is 15.0 Å². The van der Waals surface area contributed by atoms with Crippen molar-refractivity contribution >= 4 is 11.8 Å². The van der Waals surface area contributed by atoms with Crippen molar-refractivity contribution in [2.24, 2.45) is 0 Å². The Morgan fingerprint density at radius 3 is 2.56 bits per heavy atom. The number of phenols is 1. The molecule has 0 fully saturated rings. The highest BCUT2D eigenvalue weighted by Gasteiger charge is 2.07. The lowest BCUT2D eigenvalue weighted by atomic mass is 10.0. The van der Waals surface area contributed by atoms with E-state index in [-0.39, 0.29) is 12.2 Å². The highest BCUT2D eigenvalue weighted by Crippen LogP contribution is 2.20. The second-order valence-electron chi connectivity index (χ2n) is 4.34. The Bertz CT molecular complexity index is 497. The first kappa shape index (κ1) is 14.0. The van der Waals surface area contributed by atoms with E-state index in [0.717, 1.165) is 5.57 Å². The number of carboxylic acids is 1. The van der Waals surface area contributed by atoms with Gasteiger partial charge >= 0.3 is 0 Å². The van der Waals surface area contributed by atoms with Gasteiger partial charge in [0.2, 0.25) is 0 Å². The molecule has 0 aliphatic carbocycles. The smallest absolute Gasteiger partial charge is 0.182 e. The average Bonchev–Trinajstić information content (AvgIpc) is 2.29. The van der Waals surface area contributed by atoms with Crippen LogP contribution in [0.4, 0.5) is 0 Å². The van der Waals surface area contributed by atoms with Crippen molar-refractivity contribution in [1.29, 1.82) is 0 Å². The van der Waals surface area contributed by atoms with Crippen molar-refractivity contribution in [1.82, 2.24) is 0 Å². The van der Waals surface area contributed by atoms with Crippen LogP contribution in [-0.2, 0) is 22.4 Å². The van der Waals surface area contributed by atoms with Crippen LogP contribution in [0.25, 0.3) is 0 Å². The number of phenolic OH excluding ortho intramolecular Hbond substituents is 1. The lowest BCUT2D eigenvalue weighted by Crippen LogP contribution is -2.32. The van der Waals surface area contributed by atoms with Gasteiger partial charge in [-0.05, 0) is 37.5 Å². The number of carbonyl (C=O) groups excluding carboxylic acids is 2. The van der Waals surface area contributed by atoms with Crippen LogP contribution < -0.4 is 5.11 Å². The minimum Gasteiger partial charge on any atom is -0.542 e. The summed E-state index contributed by atoms with van der Waals surface area (Å²) in [6.45, 7) is 3.89. The van der Waals surface area contributed by atoms with E-state index in [1.54, 1.807) is 6.07 Å². The van der Waals surface area contributed by atoms with Crippen molar-refractivity contribution in [2.45, 2.75) is 26.7 Å². The van der Waals surface area contributed by atoms with Gasteiger partial charge in [0.15, 0.2) is 5.78 Å². The number of rotatable bonds is 5. The summed E-state index contributed by atoms with van der Waals surface area (Å²) in [6, 6.07) is 4.63. The molecule has 0 spiro atoms. The summed E-state index contributed by atoms with van der Waals surface area (Å²) in [5, 5.41) is 20.0. The quantitative estimate of drug-likeness (QED) is 0.615. The molecule has 0 saturated heterocycles. The van der Waals surface area contributed by atoms with Gasteiger partial charge in [-0.1, -0.05) is 23.8 Å². The minimum absolute atomic E-state index is 0.136. The third-order valence-corrected chi connectivity index (χ3v) is 2.47. The van der Waals surface area contributed by atoms with E-state index >= 15 is 0 Å². The molecule has 1 aromatic rings. The Kier molecular flexibility index (Phi) is 4.66. The zero-order valence-corrected chi connectivity index (χ0v) is 10.4. The van der Waals surface area contributed by atoms with Crippen molar-refractivity contribution in [2.75, 3.05) is 0 Å². The summed E-state index contributed by atoms with van der Waals surface area (Å²) in [5.74, 6) is -2.51. The largest absolute Gasteiger partial charge is 0.542 e. The summed E-state index contributed by atoms with van der Waals surface area (Å²) >= 11 is 0. The fraction of sp³-hybridized carbons (Fsp3) is 0.286. The molecule has 0 aliphatic heterocycles. The van der Waals surface area contributed by atoms with Gasteiger partial charge in [0, 0.05) is 6.42 Å². The summed E-state index contributed by atoms with van der Waals surface area (Å²) in [7, 11) is 0. The van der Waals surface area contributed by atoms with E-state index in [0.29, 0.717) is 17.5 Å². The molecule has 0 unspecified atom stereocenters. The summed E-state index contributed by atoms with van der Waals surface area (Å²) in [5.41, 5.74) is 2.34. The van der Waals surface area contributed by atoms with Crippen molar-refractivity contribution in [3.63, 3.8) is 0 Å². The zero-order chi connectivity index (χ0) is 13.7. The van der Waals surface area contributed by atoms with E-state index in [9.17, 15) is 19.8 Å². The molecule has 0 saturated carbocycles. The molecule has 0 bridgehead atoms. The van der Waals surface area contributed by atoms with Crippen molar-refractivity contribution < 1.29 is 19.8 Å². The number of carbonyl (C=O) groups is 2. The van der Waals surface area contributed by atoms with Gasteiger partial charge in [-0.3, -0.25) is 4.79 Å². The molecule has 4 nitrogen and oxygen atoms in total. The predicted octanol–water partition coefficient (Wildman–Crippen LogP) is 0.762. The predicted molar refractivity (Wildman–Crippen MR) is 65.0 cm³/mol. The Balaban J connectivity index is 2.90. The third-order valence-electron chi connectivity index (χ3n) is 2.47. The number of aromatic hydroxyl groups is 1. The van der Waals surface area contributed by atoms with Crippen LogP contribution in [0.3, 0.4) is 0 Å². The molecule has 1 N–H and O–H groups in total. The van der Waals surface area contributed by atoms with Gasteiger partial charge in [-0.2, -0.15) is 0 Å². The number of aliphatic carboxylic acids is 1. The van der Waals surface area contributed by atoms with Crippen LogP contribution in [0.2, 0.25) is 0 Å². The fourth-order valence-electron chi connectivity index (χ4n) is 1.48. The lowest BCUT2D eigenvalue weighted by molar-refractivity contribution is -0.299. The Morgan fingerprint density at radius 2 is 2.00 bits per heavy atom. The van der Waals surface area contributed by atoms with E-state index in [4.69, 9.17) is 0 Å². The van der Waals surface area contributed by atoms with Crippen LogP contribution in [0, 0.1) is 0 Å². The van der Waals surface area contributed by atoms with E-state index in [1.807, 2.05) is 19.9 Å². The molecular weight excluding hydrogens is 232 g/mol. The van der Waals surface area contributed by atoms with Crippen LogP contribution in [0.5, 0.6) is 5.75 Å². The number of benzene rings is 1. The molecule has 1 rings (SSSR count). The maximum absolute atomic E-state index is 11.0. The highest BCUT2D eigenvalue weighted by molar-refractivity contribution is 6.32. The molecule has 96 valence electrons. The first-order valence-electron chi connectivity index (χ1n) is 5.58. The Hall–Kier alpha value is -2.10. The SMILES string of the molecule is CC(C)=CCc1cc(CC(=O)C(=O)[O-])ccc1O. The Morgan fingerprint density at radius 1 is 1.33 bits per heavy atom. The molecule has 4 heteroatoms. The topological polar surface area (TPSA) is 77.4 Å². The van der Waals surface area contributed by atoms with Crippen molar-refractivity contribution in [3.05, 3.63) is 41.0 Å². The Labute approximate surface area is 106 Å². The molecule has 0 heterocycles. The minimum atomic E-state index is -1.69. The van der Waals surface area contributed by atoms with Crippen LogP contribution in [0.1, 0.15) is 25.0 Å².